The van der Waals surface area contributed by atoms with Gasteiger partial charge < -0.3 is 15.3 Å². The molecule has 0 unspecified atom stereocenters. The Kier molecular flexibility index (Phi) is 2.63. The first-order chi connectivity index (χ1) is 4.42. The van der Waals surface area contributed by atoms with Crippen molar-refractivity contribution in [3.63, 3.8) is 0 Å². The van der Waals surface area contributed by atoms with Crippen LogP contribution in [0.5, 0.6) is 0 Å². The number of rotatable bonds is 3. The summed E-state index contributed by atoms with van der Waals surface area (Å²) in [6.07, 6.45) is -4.31. The molecule has 2 atom stereocenters. The first-order valence-corrected chi connectivity index (χ1v) is 2.45. The monoisotopic (exact) mass is 136 g/mol. The highest BCUT2D eigenvalue weighted by Gasteiger charge is 2.18. The molecule has 4 nitrogen and oxygen atoms in total. The van der Waals surface area contributed by atoms with Crippen LogP contribution in [-0.4, -0.2) is 39.9 Å². The van der Waals surface area contributed by atoms with Gasteiger partial charge in [-0.15, -0.1) is 0 Å². The van der Waals surface area contributed by atoms with Crippen LogP contribution in [0.15, 0.2) is 0 Å². The van der Waals surface area contributed by atoms with Crippen LogP contribution in [0.4, 0.5) is 0 Å². The number of hydrogen-bond donors (Lipinski definition) is 3. The average Bonchev–Trinajstić information content (AvgIpc) is 1.86. The van der Waals surface area contributed by atoms with E-state index in [1.165, 1.54) is 0 Å². The van der Waals surface area contributed by atoms with Crippen molar-refractivity contribution in [2.45, 2.75) is 19.1 Å². The fourth-order valence-corrected chi connectivity index (χ4v) is 0.321. The van der Waals surface area contributed by atoms with E-state index in [2.05, 4.69) is 0 Å². The first kappa shape index (κ1) is 6.67. The van der Waals surface area contributed by atoms with Crippen LogP contribution in [0, 0.1) is 0 Å². The zero-order valence-corrected chi connectivity index (χ0v) is 5.03. The maximum absolute atomic E-state index is 10.4. The number of aliphatic hydroxyl groups excluding tert-OH is 2. The minimum atomic E-state index is -2.57. The van der Waals surface area contributed by atoms with Gasteiger partial charge in [-0.25, -0.2) is 0 Å². The van der Waals surface area contributed by atoms with Gasteiger partial charge in [0.2, 0.25) is 0 Å². The molecule has 0 spiro atoms. The largest absolute Gasteiger partial charge is 0.394 e. The summed E-state index contributed by atoms with van der Waals surface area (Å²) in [7, 11) is 0. The molecule has 0 aliphatic carbocycles. The van der Waals surface area contributed by atoms with E-state index in [1.54, 1.807) is 0 Å². The summed E-state index contributed by atoms with van der Waals surface area (Å²) in [5, 5.41) is 25.7. The zero-order valence-electron chi connectivity index (χ0n) is 6.03. The van der Waals surface area contributed by atoms with Crippen LogP contribution in [0.25, 0.3) is 0 Å². The molecular formula is C5H10O4. The Labute approximate surface area is 54.1 Å². The third-order valence-corrected chi connectivity index (χ3v) is 0.849. The Morgan fingerprint density at radius 3 is 2.33 bits per heavy atom. The molecule has 9 heavy (non-hydrogen) atoms. The van der Waals surface area contributed by atoms with Crippen molar-refractivity contribution in [1.29, 1.82) is 0 Å². The second-order valence-electron chi connectivity index (χ2n) is 1.64. The summed E-state index contributed by atoms with van der Waals surface area (Å²) in [6.45, 7) is 0.158. The van der Waals surface area contributed by atoms with Crippen LogP contribution < -0.4 is 0 Å². The van der Waals surface area contributed by atoms with Gasteiger partial charge in [-0.2, -0.15) is 0 Å². The highest BCUT2D eigenvalue weighted by molar-refractivity contribution is 5.80. The number of Topliss-reactive ketones (excluding diaryl/α,β-unsaturated/α-hetero) is 1. The third-order valence-electron chi connectivity index (χ3n) is 0.849. The minimum absolute atomic E-state index is 0.806. The smallest absolute Gasteiger partial charge is 0.160 e. The van der Waals surface area contributed by atoms with Crippen LogP contribution >= 0.6 is 0 Å². The molecule has 0 fully saturated rings. The lowest BCUT2D eigenvalue weighted by atomic mass is 10.1. The van der Waals surface area contributed by atoms with E-state index >= 15 is 0 Å². The molecule has 0 heterocycles. The van der Waals surface area contributed by atoms with Crippen molar-refractivity contribution >= 4 is 5.78 Å². The lowest BCUT2D eigenvalue weighted by Gasteiger charge is -2.10. The number of hydrogen-bond acceptors (Lipinski definition) is 4. The Morgan fingerprint density at radius 2 is 2.22 bits per heavy atom. The number of carbonyl (C=O) groups excluding carboxylic acids is 1. The van der Waals surface area contributed by atoms with Crippen LogP contribution in [0.1, 0.15) is 8.29 Å². The molecule has 0 saturated carbocycles. The van der Waals surface area contributed by atoms with Crippen molar-refractivity contribution < 1.29 is 21.5 Å². The Morgan fingerprint density at radius 1 is 1.78 bits per heavy atom. The molecule has 3 N–H and O–H groups in total. The van der Waals surface area contributed by atoms with Crippen molar-refractivity contribution in [3.05, 3.63) is 0 Å². The second-order valence-corrected chi connectivity index (χ2v) is 1.64. The fourth-order valence-electron chi connectivity index (χ4n) is 0.321. The van der Waals surface area contributed by atoms with Crippen LogP contribution in [0.3, 0.4) is 0 Å². The van der Waals surface area contributed by atoms with E-state index < -0.39 is 24.6 Å². The summed E-state index contributed by atoms with van der Waals surface area (Å²) in [5.41, 5.74) is 0. The molecular weight excluding hydrogens is 124 g/mol. The zero-order chi connectivity index (χ0) is 8.36. The van der Waals surface area contributed by atoms with Gasteiger partial charge in [0.15, 0.2) is 5.78 Å². The Balaban J connectivity index is 4.23. The van der Waals surface area contributed by atoms with E-state index in [1.807, 2.05) is 0 Å². The average molecular weight is 136 g/mol. The summed E-state index contributed by atoms with van der Waals surface area (Å²) in [5.74, 6) is -0.894. The van der Waals surface area contributed by atoms with Crippen molar-refractivity contribution in [1.82, 2.24) is 0 Å². The molecule has 0 aliphatic rings. The van der Waals surface area contributed by atoms with E-state index in [0.717, 1.165) is 6.92 Å². The Hall–Kier alpha value is -0.450. The topological polar surface area (TPSA) is 77.8 Å². The molecule has 0 radical (unpaired) electrons. The van der Waals surface area contributed by atoms with Gasteiger partial charge in [-0.3, -0.25) is 4.79 Å². The quantitative estimate of drug-likeness (QED) is 0.431. The van der Waals surface area contributed by atoms with E-state index in [0.29, 0.717) is 0 Å². The van der Waals surface area contributed by atoms with Gasteiger partial charge >= 0.3 is 0 Å². The molecule has 0 aliphatic heterocycles. The standard InChI is InChI=1S/C5H10O4/c1-3(7)5(9)4(8)2-6/h4-6,8-9H,2H2,1H3/t4-,5-/m1/s1/i5T. The van der Waals surface area contributed by atoms with Crippen molar-refractivity contribution in [2.75, 3.05) is 6.61 Å². The fraction of sp³-hybridized carbons (Fsp3) is 0.800. The lowest BCUT2D eigenvalue weighted by Crippen LogP contribution is -2.34. The van der Waals surface area contributed by atoms with Gasteiger partial charge in [-0.05, 0) is 6.92 Å². The number of carbonyl (C=O) groups is 1. The van der Waals surface area contributed by atoms with Crippen LogP contribution in [0.2, 0.25) is 0 Å². The van der Waals surface area contributed by atoms with Gasteiger partial charge in [0.1, 0.15) is 12.2 Å². The van der Waals surface area contributed by atoms with Gasteiger partial charge in [0.05, 0.1) is 7.98 Å². The molecule has 0 aromatic heterocycles. The summed E-state index contributed by atoms with van der Waals surface area (Å²) in [4.78, 5) is 10.4. The molecule has 4 heteroatoms. The van der Waals surface area contributed by atoms with E-state index in [-0.39, 0.29) is 0 Å². The minimum Gasteiger partial charge on any atom is -0.394 e. The first-order valence-electron chi connectivity index (χ1n) is 2.95. The lowest BCUT2D eigenvalue weighted by molar-refractivity contribution is -0.132. The van der Waals surface area contributed by atoms with Gasteiger partial charge in [-0.1, -0.05) is 0 Å². The molecule has 0 aromatic rings. The van der Waals surface area contributed by atoms with Crippen molar-refractivity contribution in [2.24, 2.45) is 0 Å². The summed E-state index contributed by atoms with van der Waals surface area (Å²) < 4.78 is 6.78. The molecule has 0 rings (SSSR count). The molecule has 0 amide bonds. The van der Waals surface area contributed by atoms with Gasteiger partial charge in [0, 0.05) is 0 Å². The summed E-state index contributed by atoms with van der Waals surface area (Å²) in [6, 6.07) is 0. The Bertz CT molecular complexity index is 134. The van der Waals surface area contributed by atoms with Crippen LogP contribution in [-0.2, 0) is 4.79 Å². The summed E-state index contributed by atoms with van der Waals surface area (Å²) >= 11 is 0. The predicted octanol–water partition coefficient (Wildman–Crippen LogP) is -1.71. The number of ketones is 1. The molecule has 0 saturated heterocycles. The SMILES string of the molecule is [3H][C@@](O)(C(C)=O)[C@H](O)CO. The van der Waals surface area contributed by atoms with Gasteiger partial charge in [0.25, 0.3) is 0 Å². The molecule has 54 valence electrons. The predicted molar refractivity (Wildman–Crippen MR) is 29.8 cm³/mol. The highest BCUT2D eigenvalue weighted by Crippen LogP contribution is 1.92. The van der Waals surface area contributed by atoms with Crippen molar-refractivity contribution in [3.8, 4) is 0 Å². The van der Waals surface area contributed by atoms with E-state index in [9.17, 15) is 4.79 Å². The second kappa shape index (κ2) is 3.55. The van der Waals surface area contributed by atoms with E-state index in [4.69, 9.17) is 16.7 Å². The third kappa shape index (κ3) is 2.55. The normalized spacial score (nSPS) is 22.0. The molecule has 0 bridgehead atoms. The maximum atomic E-state index is 10.4. The maximum Gasteiger partial charge on any atom is 0.160 e. The highest BCUT2D eigenvalue weighted by atomic mass is 16.4. The molecule has 0 aromatic carbocycles. The number of aliphatic hydroxyl groups is 3.